The van der Waals surface area contributed by atoms with E-state index in [1.54, 1.807) is 0 Å². The van der Waals surface area contributed by atoms with Gasteiger partial charge < -0.3 is 0 Å². The minimum Gasteiger partial charge on any atom is -0.236 e. The van der Waals surface area contributed by atoms with Gasteiger partial charge in [-0.05, 0) is 38.3 Å². The lowest BCUT2D eigenvalue weighted by atomic mass is 10.0. The summed E-state index contributed by atoms with van der Waals surface area (Å²) in [5.41, 5.74) is 3.91. The van der Waals surface area contributed by atoms with Crippen LogP contribution in [0.3, 0.4) is 0 Å². The first-order chi connectivity index (χ1) is 10.9. The highest BCUT2D eigenvalue weighted by Gasteiger charge is 2.34. The minimum atomic E-state index is -3.25. The molecule has 122 valence electrons. The molecule has 0 spiro atoms. The van der Waals surface area contributed by atoms with Gasteiger partial charge in [0.2, 0.25) is 10.0 Å². The molecule has 2 aromatic rings. The molecule has 3 rings (SSSR count). The fourth-order valence-electron chi connectivity index (χ4n) is 3.13. The van der Waals surface area contributed by atoms with Crippen LogP contribution in [0.2, 0.25) is 0 Å². The van der Waals surface area contributed by atoms with Crippen LogP contribution in [-0.2, 0) is 10.0 Å². The number of rotatable bonds is 3. The quantitative estimate of drug-likeness (QED) is 0.867. The maximum absolute atomic E-state index is 12.0. The normalized spacial score (nSPS) is 19.2. The SMILES string of the molecule is Cc1cc(-c2ccccc2C)nc([C@@H]2CCCN2S(C)(=O)=O)n1. The lowest BCUT2D eigenvalue weighted by Gasteiger charge is -2.21. The van der Waals surface area contributed by atoms with Gasteiger partial charge >= 0.3 is 0 Å². The molecule has 0 unspecified atom stereocenters. The predicted molar refractivity (Wildman–Crippen MR) is 90.5 cm³/mol. The van der Waals surface area contributed by atoms with E-state index in [2.05, 4.69) is 4.98 Å². The van der Waals surface area contributed by atoms with Crippen molar-refractivity contribution < 1.29 is 8.42 Å². The third kappa shape index (κ3) is 3.28. The van der Waals surface area contributed by atoms with Crippen LogP contribution in [0, 0.1) is 13.8 Å². The Balaban J connectivity index is 2.07. The van der Waals surface area contributed by atoms with Crippen LogP contribution < -0.4 is 0 Å². The third-order valence-corrected chi connectivity index (χ3v) is 5.51. The van der Waals surface area contributed by atoms with Crippen molar-refractivity contribution >= 4 is 10.0 Å². The number of hydrogen-bond acceptors (Lipinski definition) is 4. The van der Waals surface area contributed by atoms with E-state index in [4.69, 9.17) is 4.98 Å². The molecule has 0 radical (unpaired) electrons. The summed E-state index contributed by atoms with van der Waals surface area (Å²) in [5.74, 6) is 0.603. The van der Waals surface area contributed by atoms with Crippen LogP contribution >= 0.6 is 0 Å². The molecule has 0 amide bonds. The largest absolute Gasteiger partial charge is 0.236 e. The van der Waals surface area contributed by atoms with Gasteiger partial charge in [-0.15, -0.1) is 0 Å². The van der Waals surface area contributed by atoms with Crippen molar-refractivity contribution in [3.8, 4) is 11.3 Å². The van der Waals surface area contributed by atoms with Gasteiger partial charge in [0.25, 0.3) is 0 Å². The summed E-state index contributed by atoms with van der Waals surface area (Å²) in [4.78, 5) is 9.21. The van der Waals surface area contributed by atoms with E-state index in [-0.39, 0.29) is 6.04 Å². The Morgan fingerprint density at radius 1 is 1.17 bits per heavy atom. The average Bonchev–Trinajstić information content (AvgIpc) is 2.96. The molecule has 1 aliphatic heterocycles. The van der Waals surface area contributed by atoms with Crippen LogP contribution in [0.5, 0.6) is 0 Å². The summed E-state index contributed by atoms with van der Waals surface area (Å²) in [6.07, 6.45) is 2.86. The number of sulfonamides is 1. The van der Waals surface area contributed by atoms with Crippen molar-refractivity contribution in [3.63, 3.8) is 0 Å². The van der Waals surface area contributed by atoms with Crippen LogP contribution in [0.1, 0.15) is 36.0 Å². The highest BCUT2D eigenvalue weighted by molar-refractivity contribution is 7.88. The van der Waals surface area contributed by atoms with E-state index in [1.807, 2.05) is 44.2 Å². The van der Waals surface area contributed by atoms with Crippen molar-refractivity contribution in [2.45, 2.75) is 32.7 Å². The zero-order valence-corrected chi connectivity index (χ0v) is 14.5. The molecule has 1 saturated heterocycles. The van der Waals surface area contributed by atoms with E-state index < -0.39 is 10.0 Å². The second kappa shape index (κ2) is 6.02. The molecule has 1 aromatic carbocycles. The average molecular weight is 331 g/mol. The van der Waals surface area contributed by atoms with Gasteiger partial charge in [0.1, 0.15) is 5.82 Å². The Kier molecular flexibility index (Phi) is 4.21. The van der Waals surface area contributed by atoms with E-state index in [0.717, 1.165) is 35.4 Å². The first kappa shape index (κ1) is 16.1. The summed E-state index contributed by atoms with van der Waals surface area (Å²) < 4.78 is 25.5. The minimum absolute atomic E-state index is 0.257. The van der Waals surface area contributed by atoms with Gasteiger partial charge in [-0.1, -0.05) is 24.3 Å². The van der Waals surface area contributed by atoms with E-state index in [1.165, 1.54) is 10.6 Å². The van der Waals surface area contributed by atoms with Crippen molar-refractivity contribution in [2.75, 3.05) is 12.8 Å². The molecule has 1 aliphatic rings. The lowest BCUT2D eigenvalue weighted by molar-refractivity contribution is 0.386. The smallest absolute Gasteiger partial charge is 0.211 e. The van der Waals surface area contributed by atoms with Crippen molar-refractivity contribution in [1.82, 2.24) is 14.3 Å². The third-order valence-electron chi connectivity index (χ3n) is 4.22. The summed E-state index contributed by atoms with van der Waals surface area (Å²) in [5, 5.41) is 0. The first-order valence-electron chi connectivity index (χ1n) is 7.74. The topological polar surface area (TPSA) is 63.2 Å². The highest BCUT2D eigenvalue weighted by atomic mass is 32.2. The Morgan fingerprint density at radius 2 is 1.91 bits per heavy atom. The Hall–Kier alpha value is -1.79. The van der Waals surface area contributed by atoms with Gasteiger partial charge in [0, 0.05) is 17.8 Å². The molecule has 1 fully saturated rings. The van der Waals surface area contributed by atoms with E-state index in [0.29, 0.717) is 12.4 Å². The molecular weight excluding hydrogens is 310 g/mol. The molecular formula is C17H21N3O2S. The Labute approximate surface area is 137 Å². The number of aryl methyl sites for hydroxylation is 2. The van der Waals surface area contributed by atoms with Gasteiger partial charge in [0.05, 0.1) is 18.0 Å². The van der Waals surface area contributed by atoms with Crippen LogP contribution in [0.4, 0.5) is 0 Å². The maximum atomic E-state index is 12.0. The molecule has 1 atom stereocenters. The van der Waals surface area contributed by atoms with Crippen molar-refractivity contribution in [3.05, 3.63) is 47.4 Å². The molecule has 2 heterocycles. The molecule has 0 bridgehead atoms. The fourth-order valence-corrected chi connectivity index (χ4v) is 4.26. The molecule has 5 nitrogen and oxygen atoms in total. The van der Waals surface area contributed by atoms with E-state index in [9.17, 15) is 8.42 Å². The zero-order valence-electron chi connectivity index (χ0n) is 13.7. The fraction of sp³-hybridized carbons (Fsp3) is 0.412. The molecule has 0 aliphatic carbocycles. The van der Waals surface area contributed by atoms with Crippen molar-refractivity contribution in [1.29, 1.82) is 0 Å². The Morgan fingerprint density at radius 3 is 2.61 bits per heavy atom. The number of benzene rings is 1. The predicted octanol–water partition coefficient (Wildman–Crippen LogP) is 2.86. The summed E-state index contributed by atoms with van der Waals surface area (Å²) in [6.45, 7) is 4.51. The summed E-state index contributed by atoms with van der Waals surface area (Å²) in [7, 11) is -3.25. The molecule has 6 heteroatoms. The van der Waals surface area contributed by atoms with Gasteiger partial charge in [-0.3, -0.25) is 0 Å². The number of aromatic nitrogens is 2. The van der Waals surface area contributed by atoms with Gasteiger partial charge in [0.15, 0.2) is 0 Å². The Bertz CT molecular complexity index is 833. The summed E-state index contributed by atoms with van der Waals surface area (Å²) >= 11 is 0. The number of hydrogen-bond donors (Lipinski definition) is 0. The second-order valence-corrected chi connectivity index (χ2v) is 8.03. The lowest BCUT2D eigenvalue weighted by Crippen LogP contribution is -2.30. The monoisotopic (exact) mass is 331 g/mol. The number of nitrogens with zero attached hydrogens (tertiary/aromatic N) is 3. The maximum Gasteiger partial charge on any atom is 0.211 e. The van der Waals surface area contributed by atoms with E-state index >= 15 is 0 Å². The standard InChI is InChI=1S/C17H21N3O2S/c1-12-7-4-5-8-14(12)15-11-13(2)18-17(19-15)16-9-6-10-20(16)23(3,21)22/h4-5,7-8,11,16H,6,9-10H2,1-3H3/t16-/m0/s1. The van der Waals surface area contributed by atoms with Gasteiger partial charge in [-0.2, -0.15) is 4.31 Å². The van der Waals surface area contributed by atoms with Crippen molar-refractivity contribution in [2.24, 2.45) is 0 Å². The summed E-state index contributed by atoms with van der Waals surface area (Å²) in [6, 6.07) is 9.75. The second-order valence-electron chi connectivity index (χ2n) is 6.10. The molecule has 0 N–H and O–H groups in total. The van der Waals surface area contributed by atoms with Crippen LogP contribution in [0.25, 0.3) is 11.3 Å². The highest BCUT2D eigenvalue weighted by Crippen LogP contribution is 2.33. The molecule has 1 aromatic heterocycles. The van der Waals surface area contributed by atoms with Crippen LogP contribution in [0.15, 0.2) is 30.3 Å². The first-order valence-corrected chi connectivity index (χ1v) is 9.59. The molecule has 23 heavy (non-hydrogen) atoms. The van der Waals surface area contributed by atoms with Gasteiger partial charge in [-0.25, -0.2) is 18.4 Å². The van der Waals surface area contributed by atoms with Crippen LogP contribution in [-0.4, -0.2) is 35.5 Å². The molecule has 0 saturated carbocycles. The zero-order chi connectivity index (χ0) is 16.6.